The Kier molecular flexibility index (Phi) is 2.66. The van der Waals surface area contributed by atoms with Gasteiger partial charge in [-0.2, -0.15) is 0 Å². The van der Waals surface area contributed by atoms with Crippen molar-refractivity contribution in [3.63, 3.8) is 0 Å². The predicted molar refractivity (Wildman–Crippen MR) is 58.0 cm³/mol. The number of rotatable bonds is 2. The van der Waals surface area contributed by atoms with Gasteiger partial charge in [0.1, 0.15) is 12.4 Å². The summed E-state index contributed by atoms with van der Waals surface area (Å²) < 4.78 is 5.55. The van der Waals surface area contributed by atoms with Crippen molar-refractivity contribution in [2.75, 3.05) is 6.61 Å². The molecule has 1 aliphatic heterocycles. The third-order valence-corrected chi connectivity index (χ3v) is 2.60. The van der Waals surface area contributed by atoms with Gasteiger partial charge in [0.05, 0.1) is 11.1 Å². The van der Waals surface area contributed by atoms with Crippen LogP contribution in [0.5, 0.6) is 5.75 Å². The molecule has 76 valence electrons. The molecule has 1 atom stereocenters. The SMILES string of the molecule is CC(C)NC1COc2c(Cl)cccc21. The minimum Gasteiger partial charge on any atom is -0.490 e. The summed E-state index contributed by atoms with van der Waals surface area (Å²) in [5.74, 6) is 0.840. The zero-order valence-electron chi connectivity index (χ0n) is 8.38. The van der Waals surface area contributed by atoms with E-state index in [2.05, 4.69) is 25.2 Å². The lowest BCUT2D eigenvalue weighted by Crippen LogP contribution is -2.28. The van der Waals surface area contributed by atoms with E-state index in [0.29, 0.717) is 17.7 Å². The summed E-state index contributed by atoms with van der Waals surface area (Å²) in [6.07, 6.45) is 0. The number of halogens is 1. The van der Waals surface area contributed by atoms with Gasteiger partial charge >= 0.3 is 0 Å². The van der Waals surface area contributed by atoms with Crippen molar-refractivity contribution in [3.05, 3.63) is 28.8 Å². The van der Waals surface area contributed by atoms with Crippen LogP contribution < -0.4 is 10.1 Å². The summed E-state index contributed by atoms with van der Waals surface area (Å²) in [4.78, 5) is 0. The minimum atomic E-state index is 0.281. The zero-order chi connectivity index (χ0) is 10.1. The maximum absolute atomic E-state index is 6.02. The predicted octanol–water partition coefficient (Wildman–Crippen LogP) is 2.77. The topological polar surface area (TPSA) is 21.3 Å². The molecule has 0 aromatic heterocycles. The molecule has 0 saturated carbocycles. The monoisotopic (exact) mass is 211 g/mol. The molecule has 0 fully saturated rings. The van der Waals surface area contributed by atoms with Crippen LogP contribution in [0.25, 0.3) is 0 Å². The second kappa shape index (κ2) is 3.79. The molecule has 1 N–H and O–H groups in total. The average molecular weight is 212 g/mol. The van der Waals surface area contributed by atoms with Gasteiger partial charge in [-0.25, -0.2) is 0 Å². The Balaban J connectivity index is 2.26. The first-order valence-corrected chi connectivity index (χ1v) is 5.23. The number of hydrogen-bond acceptors (Lipinski definition) is 2. The first-order chi connectivity index (χ1) is 6.68. The van der Waals surface area contributed by atoms with E-state index < -0.39 is 0 Å². The Morgan fingerprint density at radius 2 is 2.29 bits per heavy atom. The van der Waals surface area contributed by atoms with Crippen LogP contribution >= 0.6 is 11.6 Å². The van der Waals surface area contributed by atoms with Crippen LogP contribution in [0.15, 0.2) is 18.2 Å². The molecule has 0 saturated heterocycles. The Morgan fingerprint density at radius 1 is 1.50 bits per heavy atom. The summed E-state index contributed by atoms with van der Waals surface area (Å²) in [7, 11) is 0. The lowest BCUT2D eigenvalue weighted by Gasteiger charge is -2.14. The normalized spacial score (nSPS) is 19.6. The number of para-hydroxylation sites is 1. The van der Waals surface area contributed by atoms with Crippen LogP contribution in [0.4, 0.5) is 0 Å². The number of fused-ring (bicyclic) bond motifs is 1. The molecule has 1 heterocycles. The second-order valence-corrected chi connectivity index (χ2v) is 4.25. The molecule has 0 amide bonds. The highest BCUT2D eigenvalue weighted by molar-refractivity contribution is 6.32. The van der Waals surface area contributed by atoms with E-state index in [1.807, 2.05) is 12.1 Å². The van der Waals surface area contributed by atoms with Crippen molar-refractivity contribution < 1.29 is 4.74 Å². The van der Waals surface area contributed by atoms with E-state index in [9.17, 15) is 0 Å². The van der Waals surface area contributed by atoms with Gasteiger partial charge in [0, 0.05) is 11.6 Å². The fourth-order valence-corrected chi connectivity index (χ4v) is 1.99. The fourth-order valence-electron chi connectivity index (χ4n) is 1.75. The van der Waals surface area contributed by atoms with Crippen LogP contribution in [0, 0.1) is 0 Å². The van der Waals surface area contributed by atoms with Crippen LogP contribution in [0.1, 0.15) is 25.5 Å². The first kappa shape index (κ1) is 9.81. The van der Waals surface area contributed by atoms with Crippen molar-refractivity contribution in [2.45, 2.75) is 25.9 Å². The molecule has 0 spiro atoms. The van der Waals surface area contributed by atoms with E-state index in [1.54, 1.807) is 0 Å². The first-order valence-electron chi connectivity index (χ1n) is 4.85. The van der Waals surface area contributed by atoms with Gasteiger partial charge in [0.15, 0.2) is 0 Å². The summed E-state index contributed by atoms with van der Waals surface area (Å²) >= 11 is 6.02. The molecular formula is C11H14ClNO. The average Bonchev–Trinajstić information content (AvgIpc) is 2.49. The van der Waals surface area contributed by atoms with Gasteiger partial charge in [0.25, 0.3) is 0 Å². The molecule has 14 heavy (non-hydrogen) atoms. The van der Waals surface area contributed by atoms with Crippen LogP contribution in [-0.2, 0) is 0 Å². The third-order valence-electron chi connectivity index (χ3n) is 2.30. The summed E-state index contributed by atoms with van der Waals surface area (Å²) in [5, 5.41) is 4.15. The van der Waals surface area contributed by atoms with E-state index in [-0.39, 0.29) is 6.04 Å². The minimum absolute atomic E-state index is 0.281. The van der Waals surface area contributed by atoms with Gasteiger partial charge in [-0.1, -0.05) is 37.6 Å². The Morgan fingerprint density at radius 3 is 3.00 bits per heavy atom. The van der Waals surface area contributed by atoms with Crippen molar-refractivity contribution in [1.82, 2.24) is 5.32 Å². The Bertz CT molecular complexity index is 338. The smallest absolute Gasteiger partial charge is 0.142 e. The summed E-state index contributed by atoms with van der Waals surface area (Å²) in [6, 6.07) is 6.62. The molecule has 2 nitrogen and oxygen atoms in total. The van der Waals surface area contributed by atoms with Crippen molar-refractivity contribution in [3.8, 4) is 5.75 Å². The van der Waals surface area contributed by atoms with E-state index in [0.717, 1.165) is 5.75 Å². The molecular weight excluding hydrogens is 198 g/mol. The molecule has 3 heteroatoms. The Hall–Kier alpha value is -0.730. The quantitative estimate of drug-likeness (QED) is 0.813. The van der Waals surface area contributed by atoms with Gasteiger partial charge in [-0.05, 0) is 6.07 Å². The number of nitrogens with one attached hydrogen (secondary N) is 1. The maximum atomic E-state index is 6.02. The maximum Gasteiger partial charge on any atom is 0.142 e. The molecule has 1 aromatic rings. The Labute approximate surface area is 89.2 Å². The van der Waals surface area contributed by atoms with Crippen molar-refractivity contribution in [2.24, 2.45) is 0 Å². The number of benzene rings is 1. The highest BCUT2D eigenvalue weighted by atomic mass is 35.5. The van der Waals surface area contributed by atoms with Gasteiger partial charge in [0.2, 0.25) is 0 Å². The van der Waals surface area contributed by atoms with Crippen molar-refractivity contribution >= 4 is 11.6 Å². The molecule has 2 rings (SSSR count). The lowest BCUT2D eigenvalue weighted by molar-refractivity contribution is 0.303. The van der Waals surface area contributed by atoms with Gasteiger partial charge in [-0.15, -0.1) is 0 Å². The third kappa shape index (κ3) is 1.72. The fraction of sp³-hybridized carbons (Fsp3) is 0.455. The number of ether oxygens (including phenoxy) is 1. The van der Waals surface area contributed by atoms with E-state index >= 15 is 0 Å². The largest absolute Gasteiger partial charge is 0.490 e. The highest BCUT2D eigenvalue weighted by Crippen LogP contribution is 2.38. The molecule has 0 bridgehead atoms. The molecule has 0 radical (unpaired) electrons. The summed E-state index contributed by atoms with van der Waals surface area (Å²) in [5.41, 5.74) is 1.17. The van der Waals surface area contributed by atoms with Crippen LogP contribution in [-0.4, -0.2) is 12.6 Å². The summed E-state index contributed by atoms with van der Waals surface area (Å²) in [6.45, 7) is 4.93. The molecule has 1 aromatic carbocycles. The standard InChI is InChI=1S/C11H14ClNO/c1-7(2)13-10-6-14-11-8(10)4-3-5-9(11)12/h3-5,7,10,13H,6H2,1-2H3. The lowest BCUT2D eigenvalue weighted by atomic mass is 10.1. The molecule has 1 aliphatic rings. The van der Waals surface area contributed by atoms with E-state index in [1.165, 1.54) is 5.56 Å². The van der Waals surface area contributed by atoms with Gasteiger partial charge < -0.3 is 10.1 Å². The zero-order valence-corrected chi connectivity index (χ0v) is 9.14. The molecule has 0 aliphatic carbocycles. The van der Waals surface area contributed by atoms with E-state index in [4.69, 9.17) is 16.3 Å². The number of hydrogen-bond donors (Lipinski definition) is 1. The molecule has 1 unspecified atom stereocenters. The van der Waals surface area contributed by atoms with Crippen molar-refractivity contribution in [1.29, 1.82) is 0 Å². The second-order valence-electron chi connectivity index (χ2n) is 3.84. The van der Waals surface area contributed by atoms with Crippen LogP contribution in [0.3, 0.4) is 0 Å². The highest BCUT2D eigenvalue weighted by Gasteiger charge is 2.25. The van der Waals surface area contributed by atoms with Gasteiger partial charge in [-0.3, -0.25) is 0 Å². The van der Waals surface area contributed by atoms with Crippen LogP contribution in [0.2, 0.25) is 5.02 Å².